The van der Waals surface area contributed by atoms with E-state index in [1.807, 2.05) is 0 Å². The van der Waals surface area contributed by atoms with E-state index >= 15 is 0 Å². The van der Waals surface area contributed by atoms with E-state index in [-0.39, 0.29) is 24.0 Å². The van der Waals surface area contributed by atoms with Gasteiger partial charge in [0, 0.05) is 24.7 Å². The Morgan fingerprint density at radius 3 is 2.71 bits per heavy atom. The number of fused-ring (bicyclic) bond motifs is 1. The molecule has 0 aliphatic carbocycles. The first kappa shape index (κ1) is 24.0. The van der Waals surface area contributed by atoms with Gasteiger partial charge >= 0.3 is 6.09 Å². The maximum atomic E-state index is 14.6. The molecule has 1 fully saturated rings. The molecule has 2 aliphatic rings. The second-order valence-corrected chi connectivity index (χ2v) is 9.49. The predicted molar refractivity (Wildman–Crippen MR) is 116 cm³/mol. The van der Waals surface area contributed by atoms with E-state index in [4.69, 9.17) is 15.2 Å². The Kier molecular flexibility index (Phi) is 6.54. The van der Waals surface area contributed by atoms with Crippen LogP contribution in [0.5, 0.6) is 0 Å². The summed E-state index contributed by atoms with van der Waals surface area (Å²) in [6, 6.07) is 2.32. The van der Waals surface area contributed by atoms with Crippen LogP contribution in [0.1, 0.15) is 55.3 Å². The van der Waals surface area contributed by atoms with Crippen molar-refractivity contribution in [1.29, 1.82) is 0 Å². The van der Waals surface area contributed by atoms with Gasteiger partial charge in [0.1, 0.15) is 29.2 Å². The van der Waals surface area contributed by atoms with E-state index in [9.17, 15) is 18.4 Å². The van der Waals surface area contributed by atoms with Gasteiger partial charge in [0.05, 0.1) is 19.2 Å². The Labute approximate surface area is 195 Å². The molecule has 10 nitrogen and oxygen atoms in total. The molecule has 0 spiro atoms. The number of rotatable bonds is 4. The van der Waals surface area contributed by atoms with Crippen LogP contribution in [-0.2, 0) is 22.6 Å². The van der Waals surface area contributed by atoms with Gasteiger partial charge in [-0.2, -0.15) is 0 Å². The molecule has 3 atom stereocenters. The van der Waals surface area contributed by atoms with Gasteiger partial charge in [-0.05, 0) is 45.4 Å². The van der Waals surface area contributed by atoms with Crippen LogP contribution in [0.25, 0.3) is 0 Å². The number of primary amides is 1. The van der Waals surface area contributed by atoms with Crippen molar-refractivity contribution in [3.8, 4) is 0 Å². The van der Waals surface area contributed by atoms with Crippen molar-refractivity contribution in [1.82, 2.24) is 25.0 Å². The fraction of sp³-hybridized carbons (Fsp3) is 0.545. The number of hydrogen-bond donors (Lipinski definition) is 2. The first-order valence-electron chi connectivity index (χ1n) is 11.0. The Morgan fingerprint density at radius 1 is 1.24 bits per heavy atom. The molecule has 0 saturated carbocycles. The second kappa shape index (κ2) is 9.26. The van der Waals surface area contributed by atoms with Gasteiger partial charge in [0.2, 0.25) is 5.82 Å². The molecule has 34 heavy (non-hydrogen) atoms. The Balaban J connectivity index is 1.54. The van der Waals surface area contributed by atoms with Gasteiger partial charge in [-0.3, -0.25) is 9.69 Å². The van der Waals surface area contributed by atoms with Crippen molar-refractivity contribution in [3.63, 3.8) is 0 Å². The molecule has 3 N–H and O–H groups in total. The van der Waals surface area contributed by atoms with Gasteiger partial charge in [0.15, 0.2) is 0 Å². The number of nitrogens with zero attached hydrogens (tertiary/aromatic N) is 4. The normalized spacial score (nSPS) is 23.3. The lowest BCUT2D eigenvalue weighted by atomic mass is 9.92. The minimum absolute atomic E-state index is 0.0315. The molecule has 0 unspecified atom stereocenters. The van der Waals surface area contributed by atoms with Gasteiger partial charge in [0.25, 0.3) is 5.91 Å². The molecular weight excluding hydrogens is 450 g/mol. The highest BCUT2D eigenvalue weighted by Gasteiger charge is 2.39. The Bertz CT molecular complexity index is 1090. The van der Waals surface area contributed by atoms with Crippen LogP contribution < -0.4 is 11.1 Å². The maximum absolute atomic E-state index is 14.6. The van der Waals surface area contributed by atoms with Crippen molar-refractivity contribution < 1.29 is 27.8 Å². The lowest BCUT2D eigenvalue weighted by molar-refractivity contribution is -0.0665. The fourth-order valence-corrected chi connectivity index (χ4v) is 4.37. The number of nitrogens with two attached hydrogens (primary N) is 1. The molecule has 1 aromatic heterocycles. The summed E-state index contributed by atoms with van der Waals surface area (Å²) in [6.07, 6.45) is -1.17. The van der Waals surface area contributed by atoms with Crippen molar-refractivity contribution in [2.24, 2.45) is 5.73 Å². The number of carbonyl (C=O) groups excluding carboxylic acids is 2. The lowest BCUT2D eigenvalue weighted by Gasteiger charge is -2.42. The highest BCUT2D eigenvalue weighted by Crippen LogP contribution is 2.33. The summed E-state index contributed by atoms with van der Waals surface area (Å²) < 4.78 is 41.5. The van der Waals surface area contributed by atoms with Gasteiger partial charge < -0.3 is 25.1 Å². The SMILES string of the molecule is CC(C)(C)OC(=O)N[C@H]1C[C@@H](N2CCn3c(nnc3C(N)=O)C2)CO[C@@H]1c1cc(F)ccc1F. The van der Waals surface area contributed by atoms with Crippen LogP contribution in [0.3, 0.4) is 0 Å². The predicted octanol–water partition coefficient (Wildman–Crippen LogP) is 1.89. The van der Waals surface area contributed by atoms with Crippen LogP contribution in [0.2, 0.25) is 0 Å². The summed E-state index contributed by atoms with van der Waals surface area (Å²) in [5.41, 5.74) is 4.66. The summed E-state index contributed by atoms with van der Waals surface area (Å²) in [5, 5.41) is 10.7. The number of nitrogens with one attached hydrogen (secondary N) is 1. The minimum Gasteiger partial charge on any atom is -0.444 e. The number of benzene rings is 1. The average Bonchev–Trinajstić information content (AvgIpc) is 3.18. The van der Waals surface area contributed by atoms with Gasteiger partial charge in [-0.15, -0.1) is 10.2 Å². The first-order valence-corrected chi connectivity index (χ1v) is 11.0. The quantitative estimate of drug-likeness (QED) is 0.688. The van der Waals surface area contributed by atoms with Crippen molar-refractivity contribution in [3.05, 3.63) is 47.0 Å². The van der Waals surface area contributed by atoms with Crippen LogP contribution in [0.4, 0.5) is 13.6 Å². The molecule has 1 aromatic carbocycles. The fourth-order valence-electron chi connectivity index (χ4n) is 4.37. The van der Waals surface area contributed by atoms with Gasteiger partial charge in [-0.1, -0.05) is 0 Å². The first-order chi connectivity index (χ1) is 16.0. The number of hydrogen-bond acceptors (Lipinski definition) is 7. The van der Waals surface area contributed by atoms with E-state index in [1.54, 1.807) is 25.3 Å². The standard InChI is InChI=1S/C22H28F2N6O4/c1-22(2,3)34-21(32)26-16-9-13(11-33-18(16)14-8-12(23)4-5-15(14)24)29-6-7-30-17(10-29)27-28-20(30)19(25)31/h4-5,8,13,16,18H,6-7,9-11H2,1-3H3,(H2,25,31)(H,26,32)/t13-,16+,18-/m1/s1. The Hall–Kier alpha value is -3.12. The molecule has 2 aromatic rings. The zero-order valence-corrected chi connectivity index (χ0v) is 19.3. The molecule has 0 radical (unpaired) electrons. The molecule has 1 saturated heterocycles. The monoisotopic (exact) mass is 478 g/mol. The summed E-state index contributed by atoms with van der Waals surface area (Å²) >= 11 is 0. The highest BCUT2D eigenvalue weighted by molar-refractivity contribution is 5.89. The summed E-state index contributed by atoms with van der Waals surface area (Å²) in [7, 11) is 0. The molecule has 184 valence electrons. The molecule has 0 bridgehead atoms. The number of ether oxygens (including phenoxy) is 2. The van der Waals surface area contributed by atoms with E-state index in [0.717, 1.165) is 18.2 Å². The molecule has 4 rings (SSSR count). The van der Waals surface area contributed by atoms with Gasteiger partial charge in [-0.25, -0.2) is 13.6 Å². The number of halogens is 2. The number of amides is 2. The third kappa shape index (κ3) is 5.17. The Morgan fingerprint density at radius 2 is 2.00 bits per heavy atom. The molecule has 2 aliphatic heterocycles. The smallest absolute Gasteiger partial charge is 0.407 e. The van der Waals surface area contributed by atoms with E-state index in [1.165, 1.54) is 0 Å². The van der Waals surface area contributed by atoms with E-state index in [0.29, 0.717) is 31.9 Å². The highest BCUT2D eigenvalue weighted by atomic mass is 19.1. The number of aromatic nitrogens is 3. The third-order valence-electron chi connectivity index (χ3n) is 5.85. The number of carbonyl (C=O) groups is 2. The number of alkyl carbamates (subject to hydrolysis) is 1. The van der Waals surface area contributed by atoms with Crippen LogP contribution in [0.15, 0.2) is 18.2 Å². The zero-order valence-electron chi connectivity index (χ0n) is 19.3. The van der Waals surface area contributed by atoms with Crippen molar-refractivity contribution in [2.75, 3.05) is 13.2 Å². The summed E-state index contributed by atoms with van der Waals surface area (Å²) in [4.78, 5) is 26.2. The summed E-state index contributed by atoms with van der Waals surface area (Å²) in [5.74, 6) is -1.16. The van der Waals surface area contributed by atoms with Crippen LogP contribution in [0, 0.1) is 11.6 Å². The summed E-state index contributed by atoms with van der Waals surface area (Å²) in [6.45, 7) is 6.86. The second-order valence-electron chi connectivity index (χ2n) is 9.49. The topological polar surface area (TPSA) is 125 Å². The van der Waals surface area contributed by atoms with Crippen LogP contribution in [-0.4, -0.2) is 62.5 Å². The maximum Gasteiger partial charge on any atom is 0.407 e. The van der Waals surface area contributed by atoms with Crippen molar-refractivity contribution >= 4 is 12.0 Å². The molecule has 3 heterocycles. The minimum atomic E-state index is -0.894. The van der Waals surface area contributed by atoms with Crippen molar-refractivity contribution in [2.45, 2.75) is 64.1 Å². The molecule has 12 heteroatoms. The molecular formula is C22H28F2N6O4. The molecule has 2 amide bonds. The third-order valence-corrected chi connectivity index (χ3v) is 5.85. The van der Waals surface area contributed by atoms with E-state index in [2.05, 4.69) is 20.4 Å². The van der Waals surface area contributed by atoms with E-state index < -0.39 is 41.4 Å². The largest absolute Gasteiger partial charge is 0.444 e. The average molecular weight is 479 g/mol. The zero-order chi connectivity index (χ0) is 24.6. The lowest BCUT2D eigenvalue weighted by Crippen LogP contribution is -2.54. The van der Waals surface area contributed by atoms with Crippen LogP contribution >= 0.6 is 0 Å².